The van der Waals surface area contributed by atoms with Crippen molar-refractivity contribution >= 4 is 5.97 Å². The summed E-state index contributed by atoms with van der Waals surface area (Å²) in [5, 5.41) is 0. The number of ether oxygens (including phenoxy) is 6. The van der Waals surface area contributed by atoms with Crippen LogP contribution in [0.2, 0.25) is 0 Å². The number of carbonyl (C=O) groups is 1. The molecule has 1 aliphatic rings. The molecule has 7 heteroatoms. The molecule has 0 N–H and O–H groups in total. The van der Waals surface area contributed by atoms with Crippen LogP contribution in [0.4, 0.5) is 0 Å². The average molecular weight is 396 g/mol. The second kappa shape index (κ2) is 11.5. The lowest BCUT2D eigenvalue weighted by Crippen LogP contribution is -2.60. The average Bonchev–Trinajstić information content (AvgIpc) is 2.70. The lowest BCUT2D eigenvalue weighted by Gasteiger charge is -2.45. The summed E-state index contributed by atoms with van der Waals surface area (Å²) >= 11 is 0. The molecule has 0 spiro atoms. The quantitative estimate of drug-likeness (QED) is 0.563. The van der Waals surface area contributed by atoms with Crippen molar-refractivity contribution < 1.29 is 33.2 Å². The summed E-state index contributed by atoms with van der Waals surface area (Å²) in [4.78, 5) is 11.6. The van der Waals surface area contributed by atoms with Gasteiger partial charge in [0.05, 0.1) is 19.8 Å². The topological polar surface area (TPSA) is 72.5 Å². The number of esters is 1. The second-order valence-corrected chi connectivity index (χ2v) is 7.22. The molecule has 1 fully saturated rings. The Balaban J connectivity index is 2.18. The minimum Gasteiger partial charge on any atom is -0.467 e. The smallest absolute Gasteiger partial charge is 0.331 e. The fraction of sp³-hybridized carbons (Fsp3) is 0.667. The highest BCUT2D eigenvalue weighted by molar-refractivity contribution is 5.70. The van der Waals surface area contributed by atoms with Gasteiger partial charge in [0.15, 0.2) is 6.29 Å². The van der Waals surface area contributed by atoms with Crippen molar-refractivity contribution in [3.05, 3.63) is 35.9 Å². The van der Waals surface area contributed by atoms with Gasteiger partial charge in [-0.25, -0.2) is 4.79 Å². The van der Waals surface area contributed by atoms with Gasteiger partial charge in [0.2, 0.25) is 0 Å². The summed E-state index contributed by atoms with van der Waals surface area (Å²) in [5.74, 6) is -0.0862. The van der Waals surface area contributed by atoms with Crippen LogP contribution in [-0.2, 0) is 39.8 Å². The predicted molar refractivity (Wildman–Crippen MR) is 103 cm³/mol. The number of hydrogen-bond acceptors (Lipinski definition) is 7. The molecule has 0 saturated carbocycles. The van der Waals surface area contributed by atoms with Crippen LogP contribution in [0.5, 0.6) is 0 Å². The van der Waals surface area contributed by atoms with Gasteiger partial charge in [0, 0.05) is 14.2 Å². The van der Waals surface area contributed by atoms with Gasteiger partial charge < -0.3 is 28.4 Å². The molecule has 1 heterocycles. The SMILES string of the molecule is COC(=O)CO[C@H]1O[C@H](CC(C)C)[C@@H](OC)[C@H](OC)[C@@H]1OCc1ccccc1. The molecule has 0 aliphatic carbocycles. The van der Waals surface area contributed by atoms with Gasteiger partial charge in [-0.3, -0.25) is 0 Å². The summed E-state index contributed by atoms with van der Waals surface area (Å²) < 4.78 is 34.1. The van der Waals surface area contributed by atoms with Crippen LogP contribution in [0, 0.1) is 5.92 Å². The largest absolute Gasteiger partial charge is 0.467 e. The van der Waals surface area contributed by atoms with E-state index in [1.54, 1.807) is 14.2 Å². The third-order valence-corrected chi connectivity index (χ3v) is 4.72. The Labute approximate surface area is 167 Å². The number of rotatable bonds is 10. The lowest BCUT2D eigenvalue weighted by atomic mass is 9.92. The normalized spacial score (nSPS) is 27.7. The highest BCUT2D eigenvalue weighted by Gasteiger charge is 2.48. The van der Waals surface area contributed by atoms with E-state index >= 15 is 0 Å². The van der Waals surface area contributed by atoms with Gasteiger partial charge in [-0.1, -0.05) is 44.2 Å². The van der Waals surface area contributed by atoms with Gasteiger partial charge in [-0.15, -0.1) is 0 Å². The van der Waals surface area contributed by atoms with Crippen molar-refractivity contribution in [1.82, 2.24) is 0 Å². The molecule has 7 nitrogen and oxygen atoms in total. The molecule has 2 rings (SSSR count). The summed E-state index contributed by atoms with van der Waals surface area (Å²) in [6.07, 6.45) is -1.54. The maximum absolute atomic E-state index is 11.6. The number of benzene rings is 1. The molecule has 158 valence electrons. The van der Waals surface area contributed by atoms with E-state index in [9.17, 15) is 4.79 Å². The van der Waals surface area contributed by atoms with Crippen molar-refractivity contribution in [3.63, 3.8) is 0 Å². The Morgan fingerprint density at radius 1 is 1.00 bits per heavy atom. The van der Waals surface area contributed by atoms with Gasteiger partial charge in [0.25, 0.3) is 0 Å². The van der Waals surface area contributed by atoms with E-state index in [0.717, 1.165) is 12.0 Å². The van der Waals surface area contributed by atoms with E-state index in [4.69, 9.17) is 23.7 Å². The molecule has 28 heavy (non-hydrogen) atoms. The Bertz CT molecular complexity index is 577. The fourth-order valence-electron chi connectivity index (χ4n) is 3.37. The standard InChI is InChI=1S/C21H32O7/c1-14(2)11-16-18(24-4)19(25-5)20(21(28-16)27-13-17(22)23-3)26-12-15-9-7-6-8-10-15/h6-10,14,16,18-21H,11-13H2,1-5H3/t16-,18-,19+,20+,21+/m1/s1. The first kappa shape index (κ1) is 22.8. The summed E-state index contributed by atoms with van der Waals surface area (Å²) in [7, 11) is 4.57. The number of hydrogen-bond donors (Lipinski definition) is 0. The van der Waals surface area contributed by atoms with Crippen LogP contribution in [0.3, 0.4) is 0 Å². The minimum atomic E-state index is -0.775. The highest BCUT2D eigenvalue weighted by Crippen LogP contribution is 2.31. The monoisotopic (exact) mass is 396 g/mol. The van der Waals surface area contributed by atoms with E-state index < -0.39 is 24.5 Å². The van der Waals surface area contributed by atoms with Gasteiger partial charge in [-0.05, 0) is 17.9 Å². The van der Waals surface area contributed by atoms with Crippen LogP contribution in [0.1, 0.15) is 25.8 Å². The van der Waals surface area contributed by atoms with E-state index in [-0.39, 0.29) is 18.8 Å². The molecule has 0 unspecified atom stereocenters. The van der Waals surface area contributed by atoms with Crippen molar-refractivity contribution in [2.45, 2.75) is 57.6 Å². The Hall–Kier alpha value is -1.51. The first-order valence-electron chi connectivity index (χ1n) is 9.55. The molecule has 1 saturated heterocycles. The van der Waals surface area contributed by atoms with E-state index in [1.807, 2.05) is 30.3 Å². The molecule has 0 radical (unpaired) electrons. The first-order chi connectivity index (χ1) is 13.5. The molecule has 0 aromatic heterocycles. The van der Waals surface area contributed by atoms with Crippen LogP contribution in [-0.4, -0.2) is 64.6 Å². The molecule has 1 aromatic carbocycles. The molecule has 1 aliphatic heterocycles. The Morgan fingerprint density at radius 2 is 1.68 bits per heavy atom. The number of methoxy groups -OCH3 is 3. The lowest BCUT2D eigenvalue weighted by molar-refractivity contribution is -0.315. The van der Waals surface area contributed by atoms with Gasteiger partial charge >= 0.3 is 5.97 Å². The zero-order valence-electron chi connectivity index (χ0n) is 17.3. The zero-order chi connectivity index (χ0) is 20.5. The third-order valence-electron chi connectivity index (χ3n) is 4.72. The van der Waals surface area contributed by atoms with Crippen molar-refractivity contribution in [3.8, 4) is 0 Å². The van der Waals surface area contributed by atoms with Gasteiger partial charge in [-0.2, -0.15) is 0 Å². The highest BCUT2D eigenvalue weighted by atomic mass is 16.7. The van der Waals surface area contributed by atoms with Crippen molar-refractivity contribution in [2.75, 3.05) is 27.9 Å². The summed E-state index contributed by atoms with van der Waals surface area (Å²) in [6.45, 7) is 4.35. The zero-order valence-corrected chi connectivity index (χ0v) is 17.3. The Morgan fingerprint density at radius 3 is 2.25 bits per heavy atom. The van der Waals surface area contributed by atoms with Crippen molar-refractivity contribution in [1.29, 1.82) is 0 Å². The van der Waals surface area contributed by atoms with Crippen LogP contribution in [0.15, 0.2) is 30.3 Å². The van der Waals surface area contributed by atoms with E-state index in [2.05, 4.69) is 18.6 Å². The fourth-order valence-corrected chi connectivity index (χ4v) is 3.37. The first-order valence-corrected chi connectivity index (χ1v) is 9.55. The molecule has 0 bridgehead atoms. The molecule has 1 aromatic rings. The van der Waals surface area contributed by atoms with Crippen molar-refractivity contribution in [2.24, 2.45) is 5.92 Å². The van der Waals surface area contributed by atoms with Gasteiger partial charge in [0.1, 0.15) is 24.9 Å². The maximum atomic E-state index is 11.6. The second-order valence-electron chi connectivity index (χ2n) is 7.22. The van der Waals surface area contributed by atoms with Crippen LogP contribution in [0.25, 0.3) is 0 Å². The summed E-state index contributed by atoms with van der Waals surface area (Å²) in [5.41, 5.74) is 1.02. The van der Waals surface area contributed by atoms with E-state index in [1.165, 1.54) is 7.11 Å². The van der Waals surface area contributed by atoms with E-state index in [0.29, 0.717) is 12.5 Å². The maximum Gasteiger partial charge on any atom is 0.331 e. The van der Waals surface area contributed by atoms with Crippen LogP contribution < -0.4 is 0 Å². The molecular weight excluding hydrogens is 364 g/mol. The molecule has 5 atom stereocenters. The Kier molecular flexibility index (Phi) is 9.34. The molecule has 0 amide bonds. The minimum absolute atomic E-state index is 0.227. The summed E-state index contributed by atoms with van der Waals surface area (Å²) in [6, 6.07) is 9.80. The third kappa shape index (κ3) is 6.25. The number of carbonyl (C=O) groups excluding carboxylic acids is 1. The van der Waals surface area contributed by atoms with Crippen LogP contribution >= 0.6 is 0 Å². The molecular formula is C21H32O7. The predicted octanol–water partition coefficient (Wildman–Crippen LogP) is 2.56.